The Hall–Kier alpha value is -1.76. The fourth-order valence-corrected chi connectivity index (χ4v) is 5.63. The van der Waals surface area contributed by atoms with Crippen molar-refractivity contribution in [2.24, 2.45) is 5.92 Å². The summed E-state index contributed by atoms with van der Waals surface area (Å²) in [5.74, 6) is 0.599. The summed E-state index contributed by atoms with van der Waals surface area (Å²) in [6.07, 6.45) is 8.75. The Labute approximate surface area is 157 Å². The minimum absolute atomic E-state index is 0.0181. The van der Waals surface area contributed by atoms with Crippen molar-refractivity contribution in [2.75, 3.05) is 7.05 Å². The molecule has 2 aliphatic rings. The van der Waals surface area contributed by atoms with Crippen LogP contribution in [0, 0.1) is 5.92 Å². The zero-order chi connectivity index (χ0) is 18.3. The molecule has 0 saturated heterocycles. The van der Waals surface area contributed by atoms with Crippen LogP contribution in [-0.2, 0) is 24.2 Å². The molecule has 1 fully saturated rings. The standard InChI is InChI=1S/C19H26N4O2S/c1-12-8-9-14-15(10-12)26-18-17(14)19(25)23(21-20-18)11-16(24)22(2)13-6-4-3-5-7-13/h12-13H,3-11H2,1-2H3/t12-/m0/s1. The van der Waals surface area contributed by atoms with E-state index < -0.39 is 0 Å². The zero-order valence-corrected chi connectivity index (χ0v) is 16.3. The van der Waals surface area contributed by atoms with Crippen LogP contribution >= 0.6 is 11.3 Å². The highest BCUT2D eigenvalue weighted by Crippen LogP contribution is 2.35. The summed E-state index contributed by atoms with van der Waals surface area (Å²) in [4.78, 5) is 29.4. The Bertz CT molecular complexity index is 882. The number of rotatable bonds is 3. The van der Waals surface area contributed by atoms with Gasteiger partial charge in [-0.25, -0.2) is 4.68 Å². The lowest BCUT2D eigenvalue weighted by Crippen LogP contribution is -2.42. The van der Waals surface area contributed by atoms with Crippen LogP contribution in [0.1, 0.15) is 55.9 Å². The Morgan fingerprint density at radius 1 is 1.27 bits per heavy atom. The molecule has 0 unspecified atom stereocenters. The number of amides is 1. The van der Waals surface area contributed by atoms with E-state index >= 15 is 0 Å². The van der Waals surface area contributed by atoms with Gasteiger partial charge in [-0.3, -0.25) is 9.59 Å². The maximum Gasteiger partial charge on any atom is 0.279 e. The van der Waals surface area contributed by atoms with Gasteiger partial charge in [0.25, 0.3) is 5.56 Å². The fraction of sp³-hybridized carbons (Fsp3) is 0.684. The number of hydrogen-bond donors (Lipinski definition) is 0. The van der Waals surface area contributed by atoms with Crippen LogP contribution in [0.15, 0.2) is 4.79 Å². The second kappa shape index (κ2) is 7.10. The molecule has 2 heterocycles. The highest BCUT2D eigenvalue weighted by atomic mass is 32.1. The van der Waals surface area contributed by atoms with E-state index in [0.717, 1.165) is 42.5 Å². The number of nitrogens with zero attached hydrogens (tertiary/aromatic N) is 4. The molecule has 1 amide bonds. The van der Waals surface area contributed by atoms with Crippen LogP contribution in [0.5, 0.6) is 0 Å². The van der Waals surface area contributed by atoms with Gasteiger partial charge >= 0.3 is 0 Å². The summed E-state index contributed by atoms with van der Waals surface area (Å²) in [7, 11) is 1.85. The van der Waals surface area contributed by atoms with Crippen molar-refractivity contribution >= 4 is 27.5 Å². The first-order valence-electron chi connectivity index (χ1n) is 9.68. The summed E-state index contributed by atoms with van der Waals surface area (Å²) in [5.41, 5.74) is 0.984. The Kier molecular flexibility index (Phi) is 4.82. The Morgan fingerprint density at radius 3 is 2.81 bits per heavy atom. The van der Waals surface area contributed by atoms with E-state index in [1.165, 1.54) is 28.8 Å². The second-order valence-electron chi connectivity index (χ2n) is 7.88. The minimum Gasteiger partial charge on any atom is -0.341 e. The molecule has 140 valence electrons. The van der Waals surface area contributed by atoms with Gasteiger partial charge in [0.2, 0.25) is 5.91 Å². The number of thiophene rings is 1. The molecule has 1 saturated carbocycles. The number of carbonyl (C=O) groups is 1. The van der Waals surface area contributed by atoms with E-state index in [2.05, 4.69) is 17.2 Å². The maximum atomic E-state index is 13.0. The van der Waals surface area contributed by atoms with Crippen molar-refractivity contribution in [3.05, 3.63) is 20.8 Å². The van der Waals surface area contributed by atoms with Crippen LogP contribution in [0.3, 0.4) is 0 Å². The lowest BCUT2D eigenvalue weighted by molar-refractivity contribution is -0.133. The normalized spacial score (nSPS) is 20.9. The molecule has 2 aromatic rings. The average Bonchev–Trinajstić information content (AvgIpc) is 3.02. The summed E-state index contributed by atoms with van der Waals surface area (Å²) in [6, 6.07) is 0.291. The highest BCUT2D eigenvalue weighted by Gasteiger charge is 2.26. The third-order valence-electron chi connectivity index (χ3n) is 5.99. The first kappa shape index (κ1) is 17.6. The predicted molar refractivity (Wildman–Crippen MR) is 103 cm³/mol. The Morgan fingerprint density at radius 2 is 2.04 bits per heavy atom. The van der Waals surface area contributed by atoms with Crippen molar-refractivity contribution in [1.82, 2.24) is 19.9 Å². The molecule has 7 heteroatoms. The number of likely N-dealkylation sites (N-methyl/N-ethyl adjacent to an activating group) is 1. The minimum atomic E-state index is -0.160. The topological polar surface area (TPSA) is 68.1 Å². The molecule has 6 nitrogen and oxygen atoms in total. The van der Waals surface area contributed by atoms with Crippen LogP contribution in [0.2, 0.25) is 0 Å². The van der Waals surface area contributed by atoms with Gasteiger partial charge in [-0.2, -0.15) is 0 Å². The maximum absolute atomic E-state index is 13.0. The van der Waals surface area contributed by atoms with Crippen LogP contribution in [0.25, 0.3) is 10.2 Å². The van der Waals surface area contributed by atoms with Gasteiger partial charge < -0.3 is 4.90 Å². The molecule has 0 bridgehead atoms. The number of aromatic nitrogens is 3. The predicted octanol–water partition coefficient (Wildman–Crippen LogP) is 2.77. The largest absolute Gasteiger partial charge is 0.341 e. The Balaban J connectivity index is 1.60. The number of fused-ring (bicyclic) bond motifs is 3. The smallest absolute Gasteiger partial charge is 0.279 e. The molecule has 2 aromatic heterocycles. The van der Waals surface area contributed by atoms with Gasteiger partial charge in [0.1, 0.15) is 6.54 Å². The summed E-state index contributed by atoms with van der Waals surface area (Å²) in [5, 5.41) is 9.01. The molecule has 26 heavy (non-hydrogen) atoms. The molecule has 4 rings (SSSR count). The van der Waals surface area contributed by atoms with E-state index in [1.807, 2.05) is 11.9 Å². The van der Waals surface area contributed by atoms with Crippen molar-refractivity contribution in [3.63, 3.8) is 0 Å². The summed E-state index contributed by atoms with van der Waals surface area (Å²) < 4.78 is 1.26. The first-order chi connectivity index (χ1) is 12.5. The molecular formula is C19H26N4O2S. The fourth-order valence-electron chi connectivity index (χ4n) is 4.31. The van der Waals surface area contributed by atoms with E-state index in [1.54, 1.807) is 11.3 Å². The molecule has 0 aliphatic heterocycles. The van der Waals surface area contributed by atoms with E-state index in [4.69, 9.17) is 0 Å². The third-order valence-corrected chi connectivity index (χ3v) is 7.12. The first-order valence-corrected chi connectivity index (χ1v) is 10.5. The molecule has 0 aromatic carbocycles. The molecule has 2 aliphatic carbocycles. The van der Waals surface area contributed by atoms with Gasteiger partial charge in [0.05, 0.1) is 5.39 Å². The average molecular weight is 375 g/mol. The van der Waals surface area contributed by atoms with Crippen LogP contribution < -0.4 is 5.56 Å². The monoisotopic (exact) mass is 374 g/mol. The lowest BCUT2D eigenvalue weighted by Gasteiger charge is -2.31. The number of aryl methyl sites for hydroxylation is 1. The van der Waals surface area contributed by atoms with Crippen molar-refractivity contribution in [1.29, 1.82) is 0 Å². The van der Waals surface area contributed by atoms with Crippen molar-refractivity contribution in [2.45, 2.75) is 70.9 Å². The summed E-state index contributed by atoms with van der Waals surface area (Å²) >= 11 is 1.59. The third kappa shape index (κ3) is 3.17. The summed E-state index contributed by atoms with van der Waals surface area (Å²) in [6.45, 7) is 2.23. The quantitative estimate of drug-likeness (QED) is 0.828. The molecule has 0 spiro atoms. The van der Waals surface area contributed by atoms with Gasteiger partial charge in [-0.1, -0.05) is 31.4 Å². The molecule has 1 atom stereocenters. The van der Waals surface area contributed by atoms with Gasteiger partial charge in [-0.05, 0) is 43.6 Å². The zero-order valence-electron chi connectivity index (χ0n) is 15.5. The van der Waals surface area contributed by atoms with E-state index in [-0.39, 0.29) is 18.0 Å². The molecule has 0 N–H and O–H groups in total. The second-order valence-corrected chi connectivity index (χ2v) is 8.96. The van der Waals surface area contributed by atoms with Gasteiger partial charge in [0.15, 0.2) is 4.83 Å². The molecule has 0 radical (unpaired) electrons. The van der Waals surface area contributed by atoms with Gasteiger partial charge in [-0.15, -0.1) is 16.4 Å². The molecular weight excluding hydrogens is 348 g/mol. The SMILES string of the molecule is C[C@H]1CCc2c(sc3nnn(CC(=O)N(C)C4CCCCC4)c(=O)c23)C1. The van der Waals surface area contributed by atoms with Crippen molar-refractivity contribution in [3.8, 4) is 0 Å². The van der Waals surface area contributed by atoms with Crippen LogP contribution in [0.4, 0.5) is 0 Å². The lowest BCUT2D eigenvalue weighted by atomic mass is 9.89. The van der Waals surface area contributed by atoms with E-state index in [0.29, 0.717) is 17.3 Å². The number of hydrogen-bond acceptors (Lipinski definition) is 5. The number of carbonyl (C=O) groups excluding carboxylic acids is 1. The van der Waals surface area contributed by atoms with Gasteiger partial charge in [0, 0.05) is 18.0 Å². The highest BCUT2D eigenvalue weighted by molar-refractivity contribution is 7.18. The van der Waals surface area contributed by atoms with Crippen molar-refractivity contribution < 1.29 is 4.79 Å². The van der Waals surface area contributed by atoms with E-state index in [9.17, 15) is 9.59 Å². The van der Waals surface area contributed by atoms with Crippen LogP contribution in [-0.4, -0.2) is 38.9 Å².